The predicted octanol–water partition coefficient (Wildman–Crippen LogP) is 3.61. The first kappa shape index (κ1) is 17.9. The summed E-state index contributed by atoms with van der Waals surface area (Å²) in [4.78, 5) is 12.9. The minimum atomic E-state index is -3.29. The Balaban J connectivity index is 1.88. The van der Waals surface area contributed by atoms with Crippen molar-refractivity contribution < 1.29 is 13.2 Å². The van der Waals surface area contributed by atoms with Crippen molar-refractivity contribution in [1.82, 2.24) is 5.32 Å². The van der Waals surface area contributed by atoms with Crippen molar-refractivity contribution in [3.63, 3.8) is 0 Å². The van der Waals surface area contributed by atoms with E-state index < -0.39 is 9.84 Å². The Morgan fingerprint density at radius 1 is 0.769 bits per heavy atom. The first-order chi connectivity index (χ1) is 12.4. The number of amides is 1. The summed E-state index contributed by atoms with van der Waals surface area (Å²) in [6, 6.07) is 25.1. The van der Waals surface area contributed by atoms with Crippen LogP contribution in [0.1, 0.15) is 27.5 Å². The van der Waals surface area contributed by atoms with Gasteiger partial charge in [0.1, 0.15) is 0 Å². The summed E-state index contributed by atoms with van der Waals surface area (Å²) in [5, 5.41) is 3.04. The normalized spacial score (nSPS) is 11.3. The Morgan fingerprint density at radius 2 is 1.23 bits per heavy atom. The first-order valence-corrected chi connectivity index (χ1v) is 10.1. The lowest BCUT2D eigenvalue weighted by atomic mass is 9.98. The Labute approximate surface area is 153 Å². The van der Waals surface area contributed by atoms with Crippen LogP contribution in [0.15, 0.2) is 89.8 Å². The number of rotatable bonds is 5. The van der Waals surface area contributed by atoms with Crippen molar-refractivity contribution in [3.8, 4) is 0 Å². The first-order valence-electron chi connectivity index (χ1n) is 8.16. The molecule has 0 unspecified atom stereocenters. The average Bonchev–Trinajstić information content (AvgIpc) is 2.67. The van der Waals surface area contributed by atoms with E-state index in [-0.39, 0.29) is 16.8 Å². The fourth-order valence-corrected chi connectivity index (χ4v) is 3.35. The molecule has 1 N–H and O–H groups in total. The topological polar surface area (TPSA) is 63.2 Å². The molecule has 0 aromatic heterocycles. The van der Waals surface area contributed by atoms with Gasteiger partial charge in [-0.1, -0.05) is 60.7 Å². The van der Waals surface area contributed by atoms with Crippen molar-refractivity contribution >= 4 is 15.7 Å². The monoisotopic (exact) mass is 365 g/mol. The molecule has 0 bridgehead atoms. The number of hydrogen-bond acceptors (Lipinski definition) is 3. The van der Waals surface area contributed by atoms with Crippen molar-refractivity contribution in [2.24, 2.45) is 0 Å². The van der Waals surface area contributed by atoms with Crippen LogP contribution in [0.4, 0.5) is 0 Å². The predicted molar refractivity (Wildman–Crippen MR) is 102 cm³/mol. The molecule has 132 valence electrons. The molecular formula is C21H19NO3S. The fraction of sp³-hybridized carbons (Fsp3) is 0.0952. The molecule has 0 saturated heterocycles. The van der Waals surface area contributed by atoms with E-state index >= 15 is 0 Å². The Kier molecular flexibility index (Phi) is 5.19. The molecule has 0 aliphatic heterocycles. The minimum absolute atomic E-state index is 0.191. The van der Waals surface area contributed by atoms with Crippen LogP contribution in [-0.4, -0.2) is 20.6 Å². The maximum atomic E-state index is 12.7. The van der Waals surface area contributed by atoms with Gasteiger partial charge in [0.2, 0.25) is 0 Å². The highest BCUT2D eigenvalue weighted by Gasteiger charge is 2.18. The van der Waals surface area contributed by atoms with Crippen LogP contribution in [0.3, 0.4) is 0 Å². The van der Waals surface area contributed by atoms with E-state index in [1.54, 1.807) is 0 Å². The summed E-state index contributed by atoms with van der Waals surface area (Å²) in [5.41, 5.74) is 2.36. The standard InChI is InChI=1S/C21H19NO3S/c1-26(24,25)19-14-12-18(13-15-19)21(23)22-20(16-8-4-2-5-9-16)17-10-6-3-7-11-17/h2-15,20H,1H3,(H,22,23). The lowest BCUT2D eigenvalue weighted by Crippen LogP contribution is -2.29. The highest BCUT2D eigenvalue weighted by molar-refractivity contribution is 7.90. The maximum absolute atomic E-state index is 12.7. The number of carbonyl (C=O) groups excluding carboxylic acids is 1. The zero-order chi connectivity index (χ0) is 18.6. The molecule has 0 aliphatic carbocycles. The van der Waals surface area contributed by atoms with E-state index in [4.69, 9.17) is 0 Å². The summed E-state index contributed by atoms with van der Waals surface area (Å²) in [5.74, 6) is -0.261. The number of carbonyl (C=O) groups is 1. The molecule has 0 spiro atoms. The molecule has 5 heteroatoms. The highest BCUT2D eigenvalue weighted by Crippen LogP contribution is 2.22. The van der Waals surface area contributed by atoms with Gasteiger partial charge in [-0.2, -0.15) is 0 Å². The average molecular weight is 365 g/mol. The van der Waals surface area contributed by atoms with Gasteiger partial charge in [0.25, 0.3) is 5.91 Å². The van der Waals surface area contributed by atoms with Gasteiger partial charge < -0.3 is 5.32 Å². The summed E-state index contributed by atoms with van der Waals surface area (Å²) in [7, 11) is -3.29. The van der Waals surface area contributed by atoms with Gasteiger partial charge in [0.15, 0.2) is 9.84 Å². The minimum Gasteiger partial charge on any atom is -0.341 e. The maximum Gasteiger partial charge on any atom is 0.252 e. The third-order valence-corrected chi connectivity index (χ3v) is 5.21. The van der Waals surface area contributed by atoms with Gasteiger partial charge >= 0.3 is 0 Å². The summed E-state index contributed by atoms with van der Waals surface area (Å²) >= 11 is 0. The molecule has 26 heavy (non-hydrogen) atoms. The Hall–Kier alpha value is -2.92. The number of benzene rings is 3. The van der Waals surface area contributed by atoms with Gasteiger partial charge in [-0.05, 0) is 35.4 Å². The van der Waals surface area contributed by atoms with Gasteiger partial charge in [-0.15, -0.1) is 0 Å². The molecule has 0 heterocycles. The SMILES string of the molecule is CS(=O)(=O)c1ccc(C(=O)NC(c2ccccc2)c2ccccc2)cc1. The van der Waals surface area contributed by atoms with E-state index in [2.05, 4.69) is 5.32 Å². The molecule has 0 radical (unpaired) electrons. The zero-order valence-corrected chi connectivity index (χ0v) is 15.1. The molecule has 3 aromatic rings. The molecule has 3 aromatic carbocycles. The van der Waals surface area contributed by atoms with Crippen LogP contribution in [0.25, 0.3) is 0 Å². The lowest BCUT2D eigenvalue weighted by molar-refractivity contribution is 0.0943. The highest BCUT2D eigenvalue weighted by atomic mass is 32.2. The molecule has 3 rings (SSSR count). The largest absolute Gasteiger partial charge is 0.341 e. The van der Waals surface area contributed by atoms with Crippen molar-refractivity contribution in [1.29, 1.82) is 0 Å². The van der Waals surface area contributed by atoms with E-state index in [9.17, 15) is 13.2 Å². The number of sulfone groups is 1. The van der Waals surface area contributed by atoms with Crippen molar-refractivity contribution in [2.45, 2.75) is 10.9 Å². The van der Waals surface area contributed by atoms with Gasteiger partial charge in [-0.25, -0.2) is 8.42 Å². The molecule has 0 atom stereocenters. The van der Waals surface area contributed by atoms with Gasteiger partial charge in [0, 0.05) is 11.8 Å². The number of hydrogen-bond donors (Lipinski definition) is 1. The lowest BCUT2D eigenvalue weighted by Gasteiger charge is -2.20. The van der Waals surface area contributed by atoms with Crippen molar-refractivity contribution in [3.05, 3.63) is 102 Å². The Bertz CT molecular complexity index is 943. The second-order valence-corrected chi connectivity index (χ2v) is 8.04. The second kappa shape index (κ2) is 7.54. The Morgan fingerprint density at radius 3 is 1.65 bits per heavy atom. The van der Waals surface area contributed by atoms with Crippen LogP contribution in [0, 0.1) is 0 Å². The van der Waals surface area contributed by atoms with Crippen LogP contribution < -0.4 is 5.32 Å². The molecule has 0 fully saturated rings. The summed E-state index contributed by atoms with van der Waals surface area (Å²) in [6.07, 6.45) is 1.14. The molecule has 4 nitrogen and oxygen atoms in total. The summed E-state index contributed by atoms with van der Waals surface area (Å²) in [6.45, 7) is 0. The summed E-state index contributed by atoms with van der Waals surface area (Å²) < 4.78 is 23.1. The van der Waals surface area contributed by atoms with E-state index in [1.165, 1.54) is 24.3 Å². The van der Waals surface area contributed by atoms with Crippen LogP contribution in [0.2, 0.25) is 0 Å². The molecule has 0 aliphatic rings. The van der Waals surface area contributed by atoms with E-state index in [1.807, 2.05) is 60.7 Å². The van der Waals surface area contributed by atoms with Crippen LogP contribution in [0.5, 0.6) is 0 Å². The molecule has 1 amide bonds. The van der Waals surface area contributed by atoms with Crippen LogP contribution in [-0.2, 0) is 9.84 Å². The van der Waals surface area contributed by atoms with E-state index in [0.29, 0.717) is 5.56 Å². The zero-order valence-electron chi connectivity index (χ0n) is 14.3. The van der Waals surface area contributed by atoms with Gasteiger partial charge in [-0.3, -0.25) is 4.79 Å². The van der Waals surface area contributed by atoms with Crippen LogP contribution >= 0.6 is 0 Å². The molecule has 0 saturated carbocycles. The smallest absolute Gasteiger partial charge is 0.252 e. The van der Waals surface area contributed by atoms with Crippen molar-refractivity contribution in [2.75, 3.05) is 6.26 Å². The number of nitrogens with one attached hydrogen (secondary N) is 1. The fourth-order valence-electron chi connectivity index (χ4n) is 2.72. The van der Waals surface area contributed by atoms with E-state index in [0.717, 1.165) is 17.4 Å². The molecular weight excluding hydrogens is 346 g/mol. The third kappa shape index (κ3) is 4.18. The second-order valence-electron chi connectivity index (χ2n) is 6.02. The third-order valence-electron chi connectivity index (χ3n) is 4.09. The van der Waals surface area contributed by atoms with Gasteiger partial charge in [0.05, 0.1) is 10.9 Å². The quantitative estimate of drug-likeness (QED) is 0.751.